The minimum absolute atomic E-state index is 0. The van der Waals surface area contributed by atoms with Gasteiger partial charge in [0.05, 0.1) is 18.5 Å². The first-order valence-electron chi connectivity index (χ1n) is 15.1. The summed E-state index contributed by atoms with van der Waals surface area (Å²) in [5.41, 5.74) is 5.26. The second-order valence-corrected chi connectivity index (χ2v) is 11.9. The smallest absolute Gasteiger partial charge is 0.323 e. The number of methoxy groups -OCH3 is 1. The molecule has 0 fully saturated rings. The van der Waals surface area contributed by atoms with Crippen LogP contribution in [-0.2, 0) is 16.8 Å². The van der Waals surface area contributed by atoms with Gasteiger partial charge in [0.1, 0.15) is 23.1 Å². The van der Waals surface area contributed by atoms with Crippen LogP contribution in [0.2, 0.25) is 0 Å². The number of para-hydroxylation sites is 1. The normalized spacial score (nSPS) is 12.0. The Bertz CT molecular complexity index is 1810. The molecule has 244 valence electrons. The molecule has 46 heavy (non-hydrogen) atoms. The molecule has 0 bridgehead atoms. The number of carbonyl (C=O) groups is 2. The van der Waals surface area contributed by atoms with Crippen molar-refractivity contribution in [3.05, 3.63) is 107 Å². The van der Waals surface area contributed by atoms with Crippen molar-refractivity contribution in [1.29, 1.82) is 0 Å². The van der Waals surface area contributed by atoms with Crippen LogP contribution in [0.5, 0.6) is 17.2 Å². The van der Waals surface area contributed by atoms with Gasteiger partial charge in [-0.3, -0.25) is 4.79 Å². The zero-order chi connectivity index (χ0) is 32.7. The first-order valence-corrected chi connectivity index (χ1v) is 15.1. The van der Waals surface area contributed by atoms with Crippen LogP contribution in [0, 0.1) is 0 Å². The van der Waals surface area contributed by atoms with Crippen molar-refractivity contribution < 1.29 is 24.8 Å². The molecule has 0 radical (unpaired) electrons. The fraction of sp³-hybridized carbons (Fsp3) is 0.216. The maximum absolute atomic E-state index is 13.5. The van der Waals surface area contributed by atoms with Crippen molar-refractivity contribution in [2.45, 2.75) is 46.1 Å². The predicted molar refractivity (Wildman–Crippen MR) is 193 cm³/mol. The fourth-order valence-corrected chi connectivity index (χ4v) is 5.04. The second kappa shape index (κ2) is 14.0. The third kappa shape index (κ3) is 7.92. The lowest BCUT2D eigenvalue weighted by Crippen LogP contribution is -2.23. The molecule has 4 aromatic rings. The molecule has 0 spiro atoms. The molecule has 0 saturated heterocycles. The van der Waals surface area contributed by atoms with Gasteiger partial charge < -0.3 is 30.7 Å². The van der Waals surface area contributed by atoms with Crippen molar-refractivity contribution in [1.82, 2.24) is 10.3 Å². The molecule has 9 heteroatoms. The summed E-state index contributed by atoms with van der Waals surface area (Å²) in [6, 6.07) is 20.6. The highest BCUT2D eigenvalue weighted by molar-refractivity contribution is 6.03. The molecule has 1 aliphatic carbocycles. The second-order valence-electron chi connectivity index (χ2n) is 11.9. The maximum Gasteiger partial charge on any atom is 0.323 e. The third-order valence-corrected chi connectivity index (χ3v) is 7.35. The summed E-state index contributed by atoms with van der Waals surface area (Å²) in [6.07, 6.45) is 10.5. The Morgan fingerprint density at radius 2 is 1.65 bits per heavy atom. The molecule has 0 atom stereocenters. The van der Waals surface area contributed by atoms with Gasteiger partial charge in [-0.1, -0.05) is 63.3 Å². The van der Waals surface area contributed by atoms with Crippen molar-refractivity contribution >= 4 is 47.0 Å². The van der Waals surface area contributed by atoms with E-state index in [0.29, 0.717) is 34.4 Å². The number of rotatable bonds is 9. The van der Waals surface area contributed by atoms with Crippen molar-refractivity contribution in [2.24, 2.45) is 0 Å². The van der Waals surface area contributed by atoms with Gasteiger partial charge in [0.2, 0.25) is 5.91 Å². The molecule has 0 unspecified atom stereocenters. The number of anilines is 4. The highest BCUT2D eigenvalue weighted by atomic mass is 16.5. The Balaban J connectivity index is 0.00000312. The van der Waals surface area contributed by atoms with E-state index < -0.39 is 6.03 Å². The van der Waals surface area contributed by atoms with Gasteiger partial charge in [-0.15, -0.1) is 0 Å². The molecule has 5 rings (SSSR count). The third-order valence-electron chi connectivity index (χ3n) is 7.35. The quantitative estimate of drug-likeness (QED) is 0.147. The van der Waals surface area contributed by atoms with Gasteiger partial charge in [-0.2, -0.15) is 0 Å². The van der Waals surface area contributed by atoms with Crippen LogP contribution in [0.4, 0.5) is 27.7 Å². The monoisotopic (exact) mass is 625 g/mol. The number of amides is 3. The first kappa shape index (κ1) is 31.8. The van der Waals surface area contributed by atoms with E-state index in [4.69, 9.17) is 9.47 Å². The average Bonchev–Trinajstić information content (AvgIpc) is 3.28. The summed E-state index contributed by atoms with van der Waals surface area (Å²) in [5, 5.41) is 12.1. The van der Waals surface area contributed by atoms with E-state index in [0.717, 1.165) is 34.4 Å². The highest BCUT2D eigenvalue weighted by Crippen LogP contribution is 2.38. The summed E-state index contributed by atoms with van der Waals surface area (Å²) in [4.78, 5) is 29.6. The van der Waals surface area contributed by atoms with Gasteiger partial charge in [0.15, 0.2) is 0 Å². The SMILES string of the molecule is COc1c(CNC(C)=O)cc(C(C)(C)C)cc1NC(=O)Nc1ccc(Oc2ccnc(Nc3ccccc3)c2)c2c1C=CCC=C2.[HH].[HH].[HH].[HH]. The molecule has 4 N–H and O–H groups in total. The average molecular weight is 626 g/mol. The Morgan fingerprint density at radius 3 is 2.37 bits per heavy atom. The van der Waals surface area contributed by atoms with Crippen molar-refractivity contribution in [3.8, 4) is 17.2 Å². The van der Waals surface area contributed by atoms with E-state index >= 15 is 0 Å². The Morgan fingerprint density at radius 1 is 0.913 bits per heavy atom. The topological polar surface area (TPSA) is 114 Å². The van der Waals surface area contributed by atoms with Gasteiger partial charge in [-0.05, 0) is 59.9 Å². The molecule has 9 nitrogen and oxygen atoms in total. The zero-order valence-electron chi connectivity index (χ0n) is 26.7. The molecule has 0 saturated carbocycles. The van der Waals surface area contributed by atoms with Crippen molar-refractivity contribution in [2.75, 3.05) is 23.1 Å². The van der Waals surface area contributed by atoms with E-state index in [-0.39, 0.29) is 23.6 Å². The molecular weight excluding hydrogens is 578 g/mol. The van der Waals surface area contributed by atoms with Crippen LogP contribution in [0.3, 0.4) is 0 Å². The van der Waals surface area contributed by atoms with Crippen LogP contribution in [0.1, 0.15) is 62.1 Å². The van der Waals surface area contributed by atoms with Crippen LogP contribution >= 0.6 is 0 Å². The number of hydrogen-bond acceptors (Lipinski definition) is 6. The number of fused-ring (bicyclic) bond motifs is 1. The summed E-state index contributed by atoms with van der Waals surface area (Å²) >= 11 is 0. The molecule has 0 aliphatic heterocycles. The van der Waals surface area contributed by atoms with Crippen LogP contribution in [-0.4, -0.2) is 24.0 Å². The number of ether oxygens (including phenoxy) is 2. The van der Waals surface area contributed by atoms with E-state index in [2.05, 4.69) is 47.0 Å². The predicted octanol–water partition coefficient (Wildman–Crippen LogP) is 9.62. The van der Waals surface area contributed by atoms with Gasteiger partial charge in [0.25, 0.3) is 0 Å². The number of carbonyl (C=O) groups excluding carboxylic acids is 2. The summed E-state index contributed by atoms with van der Waals surface area (Å²) < 4.78 is 12.1. The standard InChI is InChI=1S/C37H39N5O4.4H2/c1-24(43)39-23-25-20-26(37(2,3)4)21-32(35(25)45-5)42-36(44)41-31-16-17-33(30-15-11-7-10-14-29(30)31)46-28-18-19-38-34(22-28)40-27-12-8-6-9-13-27;;;;/h6,8-22H,7,23H2,1-5H3,(H,38,40)(H,39,43)(H2,41,42,44);4*1H. The number of urea groups is 1. The maximum atomic E-state index is 13.5. The molecular formula is C37H47N5O4. The fourth-order valence-electron chi connectivity index (χ4n) is 5.04. The van der Waals surface area contributed by atoms with Gasteiger partial charge in [0, 0.05) is 53.8 Å². The molecule has 1 aromatic heterocycles. The lowest BCUT2D eigenvalue weighted by molar-refractivity contribution is -0.119. The van der Waals surface area contributed by atoms with Crippen molar-refractivity contribution in [3.63, 3.8) is 0 Å². The number of aromatic nitrogens is 1. The summed E-state index contributed by atoms with van der Waals surface area (Å²) in [5.74, 6) is 2.26. The number of hydrogen-bond donors (Lipinski definition) is 4. The minimum atomic E-state index is -0.432. The summed E-state index contributed by atoms with van der Waals surface area (Å²) in [7, 11) is 1.55. The number of nitrogens with one attached hydrogen (secondary N) is 4. The number of nitrogens with zero attached hydrogens (tertiary/aromatic N) is 1. The molecule has 3 aromatic carbocycles. The van der Waals surface area contributed by atoms with Crippen LogP contribution in [0.25, 0.3) is 12.2 Å². The number of allylic oxidation sites excluding steroid dienone is 2. The Labute approximate surface area is 275 Å². The lowest BCUT2D eigenvalue weighted by Gasteiger charge is -2.24. The van der Waals surface area contributed by atoms with E-state index in [1.165, 1.54) is 6.92 Å². The minimum Gasteiger partial charge on any atom is -0.494 e. The first-order chi connectivity index (χ1) is 22.1. The van der Waals surface area contributed by atoms with E-state index in [1.807, 2.05) is 85.0 Å². The highest BCUT2D eigenvalue weighted by Gasteiger charge is 2.22. The van der Waals surface area contributed by atoms with Gasteiger partial charge in [-0.25, -0.2) is 9.78 Å². The largest absolute Gasteiger partial charge is 0.494 e. The van der Waals surface area contributed by atoms with Gasteiger partial charge >= 0.3 is 6.03 Å². The van der Waals surface area contributed by atoms with Crippen LogP contribution in [0.15, 0.2) is 85.1 Å². The van der Waals surface area contributed by atoms with E-state index in [9.17, 15) is 9.59 Å². The number of benzene rings is 3. The Kier molecular flexibility index (Phi) is 9.71. The molecule has 3 amide bonds. The van der Waals surface area contributed by atoms with E-state index in [1.54, 1.807) is 19.4 Å². The van der Waals surface area contributed by atoms with Crippen LogP contribution < -0.4 is 30.7 Å². The zero-order valence-corrected chi connectivity index (χ0v) is 26.7. The summed E-state index contributed by atoms with van der Waals surface area (Å²) in [6.45, 7) is 8.00. The molecule has 1 heterocycles. The number of pyridine rings is 1. The molecule has 1 aliphatic rings. The lowest BCUT2D eigenvalue weighted by atomic mass is 9.85. The Hall–Kier alpha value is -5.57.